The van der Waals surface area contributed by atoms with Crippen LogP contribution in [-0.4, -0.2) is 22.0 Å². The summed E-state index contributed by atoms with van der Waals surface area (Å²) in [4.78, 5) is 20.1. The fourth-order valence-corrected chi connectivity index (χ4v) is 3.50. The van der Waals surface area contributed by atoms with Gasteiger partial charge in [0.25, 0.3) is 0 Å². The molecule has 2 amide bonds. The Morgan fingerprint density at radius 1 is 1.12 bits per heavy atom. The predicted octanol–water partition coefficient (Wildman–Crippen LogP) is 3.75. The van der Waals surface area contributed by atoms with Crippen LogP contribution in [0.3, 0.4) is 0 Å². The number of nitrogens with zero attached hydrogens (tertiary/aromatic N) is 2. The Hall–Kier alpha value is -2.89. The lowest BCUT2D eigenvalue weighted by Crippen LogP contribution is -2.46. The summed E-state index contributed by atoms with van der Waals surface area (Å²) in [5.74, 6) is 2.22. The molecule has 0 spiro atoms. The van der Waals surface area contributed by atoms with E-state index in [1.165, 1.54) is 19.2 Å². The van der Waals surface area contributed by atoms with Crippen LogP contribution in [0.15, 0.2) is 55.0 Å². The maximum atomic E-state index is 12.2. The van der Waals surface area contributed by atoms with E-state index in [2.05, 4.69) is 32.8 Å². The summed E-state index contributed by atoms with van der Waals surface area (Å²) in [7, 11) is 0. The number of carbonyl (C=O) groups is 1. The van der Waals surface area contributed by atoms with Crippen LogP contribution in [0, 0.1) is 11.8 Å². The van der Waals surface area contributed by atoms with E-state index in [9.17, 15) is 4.79 Å². The van der Waals surface area contributed by atoms with Crippen LogP contribution < -0.4 is 15.4 Å². The van der Waals surface area contributed by atoms with Crippen molar-refractivity contribution in [2.24, 2.45) is 11.8 Å². The Kier molecular flexibility index (Phi) is 4.33. The number of aromatic nitrogens is 2. The SMILES string of the molecule is O=C(Nc1ccc(Oc2ccncn2)cc1)NC1CC2C=CC1CC2. The molecule has 6 nitrogen and oxygen atoms in total. The molecule has 25 heavy (non-hydrogen) atoms. The van der Waals surface area contributed by atoms with Crippen molar-refractivity contribution in [1.82, 2.24) is 15.3 Å². The van der Waals surface area contributed by atoms with Gasteiger partial charge in [-0.1, -0.05) is 12.2 Å². The van der Waals surface area contributed by atoms with Gasteiger partial charge < -0.3 is 15.4 Å². The van der Waals surface area contributed by atoms with Crippen molar-refractivity contribution in [3.63, 3.8) is 0 Å². The molecular weight excluding hydrogens is 316 g/mol. The lowest BCUT2D eigenvalue weighted by Gasteiger charge is -2.38. The Bertz CT molecular complexity index is 761. The van der Waals surface area contributed by atoms with Crippen molar-refractivity contribution >= 4 is 11.7 Å². The van der Waals surface area contributed by atoms with E-state index in [1.54, 1.807) is 24.4 Å². The van der Waals surface area contributed by atoms with Crippen LogP contribution in [-0.2, 0) is 0 Å². The van der Waals surface area contributed by atoms with E-state index in [-0.39, 0.29) is 12.1 Å². The van der Waals surface area contributed by atoms with Crippen molar-refractivity contribution in [3.05, 3.63) is 55.0 Å². The number of allylic oxidation sites excluding steroid dienone is 1. The highest BCUT2D eigenvalue weighted by atomic mass is 16.5. The quantitative estimate of drug-likeness (QED) is 0.834. The standard InChI is InChI=1S/C19H20N4O2/c24-19(23-17-11-13-1-3-14(17)4-2-13)22-15-5-7-16(8-6-15)25-18-9-10-20-12-21-18/h1,3,5-10,12-14,17H,2,4,11H2,(H2,22,23,24). The summed E-state index contributed by atoms with van der Waals surface area (Å²) in [5, 5.41) is 5.99. The molecule has 1 fully saturated rings. The van der Waals surface area contributed by atoms with E-state index >= 15 is 0 Å². The van der Waals surface area contributed by atoms with Crippen LogP contribution in [0.5, 0.6) is 11.6 Å². The van der Waals surface area contributed by atoms with Gasteiger partial charge in [-0.3, -0.25) is 0 Å². The first-order valence-electron chi connectivity index (χ1n) is 8.56. The number of fused-ring (bicyclic) bond motifs is 2. The van der Waals surface area contributed by atoms with Crippen LogP contribution >= 0.6 is 0 Å². The summed E-state index contributed by atoms with van der Waals surface area (Å²) in [5.41, 5.74) is 0.726. The molecule has 0 aliphatic heterocycles. The molecule has 2 N–H and O–H groups in total. The second-order valence-corrected chi connectivity index (χ2v) is 6.50. The average molecular weight is 336 g/mol. The molecule has 1 saturated carbocycles. The molecule has 2 aromatic rings. The highest BCUT2D eigenvalue weighted by Gasteiger charge is 2.32. The largest absolute Gasteiger partial charge is 0.439 e. The van der Waals surface area contributed by atoms with E-state index in [4.69, 9.17) is 4.74 Å². The molecule has 3 atom stereocenters. The van der Waals surface area contributed by atoms with Gasteiger partial charge in [0.15, 0.2) is 0 Å². The van der Waals surface area contributed by atoms with Crippen LogP contribution in [0.2, 0.25) is 0 Å². The maximum Gasteiger partial charge on any atom is 0.319 e. The zero-order valence-corrected chi connectivity index (χ0v) is 13.8. The van der Waals surface area contributed by atoms with Gasteiger partial charge in [-0.05, 0) is 55.4 Å². The lowest BCUT2D eigenvalue weighted by atomic mass is 9.73. The van der Waals surface area contributed by atoms with E-state index in [0.717, 1.165) is 12.1 Å². The van der Waals surface area contributed by atoms with Crippen molar-refractivity contribution in [2.45, 2.75) is 25.3 Å². The molecule has 5 rings (SSSR count). The van der Waals surface area contributed by atoms with Gasteiger partial charge in [0, 0.05) is 24.0 Å². The van der Waals surface area contributed by atoms with E-state index < -0.39 is 0 Å². The minimum Gasteiger partial charge on any atom is -0.439 e. The lowest BCUT2D eigenvalue weighted by molar-refractivity contribution is 0.222. The van der Waals surface area contributed by atoms with Crippen LogP contribution in [0.1, 0.15) is 19.3 Å². The van der Waals surface area contributed by atoms with Gasteiger partial charge in [0.1, 0.15) is 12.1 Å². The fraction of sp³-hybridized carbons (Fsp3) is 0.316. The number of anilines is 1. The van der Waals surface area contributed by atoms with Gasteiger partial charge in [0.05, 0.1) is 0 Å². The maximum absolute atomic E-state index is 12.2. The van der Waals surface area contributed by atoms with Gasteiger partial charge in [0.2, 0.25) is 5.88 Å². The molecular formula is C19H20N4O2. The molecule has 2 bridgehead atoms. The monoisotopic (exact) mass is 336 g/mol. The number of nitrogens with one attached hydrogen (secondary N) is 2. The number of carbonyl (C=O) groups excluding carboxylic acids is 1. The summed E-state index contributed by atoms with van der Waals surface area (Å²) in [6.07, 6.45) is 11.1. The number of amides is 2. The number of ether oxygens (including phenoxy) is 1. The highest BCUT2D eigenvalue weighted by Crippen LogP contribution is 2.36. The van der Waals surface area contributed by atoms with Gasteiger partial charge >= 0.3 is 6.03 Å². The second kappa shape index (κ2) is 6.93. The molecule has 0 saturated heterocycles. The molecule has 3 unspecified atom stereocenters. The van der Waals surface area contributed by atoms with Crippen molar-refractivity contribution in [1.29, 1.82) is 0 Å². The summed E-state index contributed by atoms with van der Waals surface area (Å²) in [6.45, 7) is 0. The van der Waals surface area contributed by atoms with Crippen LogP contribution in [0.25, 0.3) is 0 Å². The number of urea groups is 1. The number of rotatable bonds is 4. The third-order valence-corrected chi connectivity index (χ3v) is 4.78. The van der Waals surface area contributed by atoms with Crippen molar-refractivity contribution in [3.8, 4) is 11.6 Å². The Morgan fingerprint density at radius 3 is 2.64 bits per heavy atom. The molecule has 1 heterocycles. The normalized spacial score (nSPS) is 23.9. The minimum atomic E-state index is -0.157. The first kappa shape index (κ1) is 15.6. The summed E-state index contributed by atoms with van der Waals surface area (Å²) < 4.78 is 5.61. The zero-order chi connectivity index (χ0) is 17.1. The number of hydrogen-bond acceptors (Lipinski definition) is 4. The summed E-state index contributed by atoms with van der Waals surface area (Å²) >= 11 is 0. The highest BCUT2D eigenvalue weighted by molar-refractivity contribution is 5.89. The smallest absolute Gasteiger partial charge is 0.319 e. The number of benzene rings is 1. The number of hydrogen-bond donors (Lipinski definition) is 2. The summed E-state index contributed by atoms with van der Waals surface area (Å²) in [6, 6.07) is 8.98. The Morgan fingerprint density at radius 2 is 2.00 bits per heavy atom. The second-order valence-electron chi connectivity index (χ2n) is 6.50. The predicted molar refractivity (Wildman–Crippen MR) is 94.5 cm³/mol. The topological polar surface area (TPSA) is 76.1 Å². The fourth-order valence-electron chi connectivity index (χ4n) is 3.50. The minimum absolute atomic E-state index is 0.157. The van der Waals surface area contributed by atoms with Crippen LogP contribution in [0.4, 0.5) is 10.5 Å². The molecule has 3 aliphatic carbocycles. The molecule has 3 aliphatic rings. The molecule has 0 radical (unpaired) electrons. The molecule has 128 valence electrons. The van der Waals surface area contributed by atoms with E-state index in [1.807, 2.05) is 12.1 Å². The van der Waals surface area contributed by atoms with Gasteiger partial charge in [-0.2, -0.15) is 0 Å². The molecule has 1 aromatic carbocycles. The zero-order valence-electron chi connectivity index (χ0n) is 13.8. The van der Waals surface area contributed by atoms with Crippen molar-refractivity contribution < 1.29 is 9.53 Å². The first-order valence-corrected chi connectivity index (χ1v) is 8.56. The van der Waals surface area contributed by atoms with Crippen molar-refractivity contribution in [2.75, 3.05) is 5.32 Å². The molecule has 1 aromatic heterocycles. The van der Waals surface area contributed by atoms with Gasteiger partial charge in [-0.25, -0.2) is 14.8 Å². The Balaban J connectivity index is 1.32. The third-order valence-electron chi connectivity index (χ3n) is 4.78. The van der Waals surface area contributed by atoms with Gasteiger partial charge in [-0.15, -0.1) is 0 Å². The third kappa shape index (κ3) is 3.79. The van der Waals surface area contributed by atoms with E-state index in [0.29, 0.717) is 23.5 Å². The average Bonchev–Trinajstić information content (AvgIpc) is 2.65. The Labute approximate surface area is 146 Å². The first-order chi connectivity index (χ1) is 12.3. The molecule has 6 heteroatoms.